The number of sulfonamides is 1. The smallest absolute Gasteiger partial charge is 0.257 e. The van der Waals surface area contributed by atoms with Crippen LogP contribution < -0.4 is 9.88 Å². The highest BCUT2D eigenvalue weighted by atomic mass is 32.2. The number of methoxy groups -OCH3 is 1. The first-order valence-electron chi connectivity index (χ1n) is 6.35. The Hall–Kier alpha value is -1.86. The fourth-order valence-electron chi connectivity index (χ4n) is 1.85. The minimum absolute atomic E-state index is 0.127. The van der Waals surface area contributed by atoms with Gasteiger partial charge in [0.1, 0.15) is 5.75 Å². The van der Waals surface area contributed by atoms with Crippen LogP contribution in [0.1, 0.15) is 24.2 Å². The van der Waals surface area contributed by atoms with E-state index >= 15 is 0 Å². The number of hydrogen-bond donors (Lipinski definition) is 1. The number of ether oxygens (including phenoxy) is 1. The van der Waals surface area contributed by atoms with Crippen LogP contribution in [0.4, 0.5) is 0 Å². The van der Waals surface area contributed by atoms with Crippen molar-refractivity contribution in [3.63, 3.8) is 0 Å². The molecule has 0 unspecified atom stereocenters. The second-order valence-electron chi connectivity index (χ2n) is 4.68. The summed E-state index contributed by atoms with van der Waals surface area (Å²) in [5, 5.41) is 5.10. The molecule has 0 saturated carbocycles. The fourth-order valence-corrected chi connectivity index (χ4v) is 2.39. The molecule has 0 aliphatic rings. The zero-order chi connectivity index (χ0) is 16.2. The van der Waals surface area contributed by atoms with Crippen LogP contribution >= 0.6 is 0 Å². The molecule has 0 bridgehead atoms. The van der Waals surface area contributed by atoms with E-state index in [-0.39, 0.29) is 16.4 Å². The lowest BCUT2D eigenvalue weighted by Gasteiger charge is -2.22. The number of primary sulfonamides is 1. The van der Waals surface area contributed by atoms with Crippen molar-refractivity contribution in [3.8, 4) is 5.75 Å². The third kappa shape index (κ3) is 4.30. The summed E-state index contributed by atoms with van der Waals surface area (Å²) in [5.74, 6) is -0.0320. The molecule has 0 radical (unpaired) electrons. The van der Waals surface area contributed by atoms with Gasteiger partial charge in [0.2, 0.25) is 10.0 Å². The van der Waals surface area contributed by atoms with Gasteiger partial charge in [0.05, 0.1) is 17.6 Å². The van der Waals surface area contributed by atoms with Crippen LogP contribution in [-0.2, 0) is 10.0 Å². The fraction of sp³-hybridized carbons (Fsp3) is 0.357. The molecular formula is C14H20N2O4S. The molecule has 21 heavy (non-hydrogen) atoms. The number of carbonyl (C=O) groups excluding carboxylic acids is 1. The number of likely N-dealkylation sites (N-methyl/N-ethyl adjacent to an activating group) is 1. The van der Waals surface area contributed by atoms with Crippen molar-refractivity contribution in [1.82, 2.24) is 4.90 Å². The summed E-state index contributed by atoms with van der Waals surface area (Å²) >= 11 is 0. The van der Waals surface area contributed by atoms with Gasteiger partial charge in [0.15, 0.2) is 0 Å². The number of carbonyl (C=O) groups is 1. The molecular weight excluding hydrogens is 292 g/mol. The van der Waals surface area contributed by atoms with E-state index < -0.39 is 10.0 Å². The summed E-state index contributed by atoms with van der Waals surface area (Å²) < 4.78 is 28.0. The molecule has 0 aliphatic carbocycles. The van der Waals surface area contributed by atoms with Crippen molar-refractivity contribution in [2.24, 2.45) is 5.14 Å². The number of nitrogens with two attached hydrogens (primary N) is 1. The molecule has 1 rings (SSSR count). The maximum Gasteiger partial charge on any atom is 0.257 e. The SMILES string of the molecule is C=C(C)CN(CC)C(=O)c1cc(S(N)(=O)=O)ccc1OC. The van der Waals surface area contributed by atoms with Crippen LogP contribution in [-0.4, -0.2) is 39.4 Å². The molecule has 0 atom stereocenters. The average Bonchev–Trinajstić information content (AvgIpc) is 2.42. The lowest BCUT2D eigenvalue weighted by atomic mass is 10.1. The molecule has 0 aromatic heterocycles. The van der Waals surface area contributed by atoms with E-state index in [1.807, 2.05) is 13.8 Å². The summed E-state index contributed by atoms with van der Waals surface area (Å²) in [6.45, 7) is 8.27. The molecule has 0 aliphatic heterocycles. The molecule has 0 heterocycles. The number of rotatable bonds is 6. The number of hydrogen-bond acceptors (Lipinski definition) is 4. The Morgan fingerprint density at radius 3 is 2.48 bits per heavy atom. The van der Waals surface area contributed by atoms with Gasteiger partial charge in [-0.25, -0.2) is 13.6 Å². The Balaban J connectivity index is 3.31. The average molecular weight is 312 g/mol. The van der Waals surface area contributed by atoms with Gasteiger partial charge in [-0.2, -0.15) is 0 Å². The van der Waals surface area contributed by atoms with Gasteiger partial charge >= 0.3 is 0 Å². The Labute approximate surface area is 125 Å². The van der Waals surface area contributed by atoms with E-state index in [0.29, 0.717) is 18.8 Å². The van der Waals surface area contributed by atoms with Gasteiger partial charge in [-0.15, -0.1) is 0 Å². The van der Waals surface area contributed by atoms with Crippen molar-refractivity contribution >= 4 is 15.9 Å². The topological polar surface area (TPSA) is 89.7 Å². The van der Waals surface area contributed by atoms with Crippen LogP contribution in [0.5, 0.6) is 5.75 Å². The van der Waals surface area contributed by atoms with E-state index in [0.717, 1.165) is 5.57 Å². The minimum atomic E-state index is -3.88. The maximum absolute atomic E-state index is 12.5. The Morgan fingerprint density at radius 2 is 2.05 bits per heavy atom. The number of amides is 1. The quantitative estimate of drug-likeness (QED) is 0.804. The monoisotopic (exact) mass is 312 g/mol. The Kier molecular flexibility index (Phi) is 5.51. The van der Waals surface area contributed by atoms with E-state index in [1.54, 1.807) is 4.90 Å². The second-order valence-corrected chi connectivity index (χ2v) is 6.24. The minimum Gasteiger partial charge on any atom is -0.496 e. The zero-order valence-corrected chi connectivity index (χ0v) is 13.2. The molecule has 1 aromatic rings. The van der Waals surface area contributed by atoms with Crippen molar-refractivity contribution in [3.05, 3.63) is 35.9 Å². The molecule has 0 saturated heterocycles. The highest BCUT2D eigenvalue weighted by Gasteiger charge is 2.21. The van der Waals surface area contributed by atoms with Gasteiger partial charge < -0.3 is 9.64 Å². The van der Waals surface area contributed by atoms with E-state index in [4.69, 9.17) is 9.88 Å². The van der Waals surface area contributed by atoms with Crippen molar-refractivity contribution in [2.75, 3.05) is 20.2 Å². The van der Waals surface area contributed by atoms with Crippen molar-refractivity contribution < 1.29 is 17.9 Å². The highest BCUT2D eigenvalue weighted by Crippen LogP contribution is 2.23. The summed E-state index contributed by atoms with van der Waals surface area (Å²) in [5.41, 5.74) is 0.985. The summed E-state index contributed by atoms with van der Waals surface area (Å²) in [7, 11) is -2.47. The van der Waals surface area contributed by atoms with Crippen molar-refractivity contribution in [1.29, 1.82) is 0 Å². The Morgan fingerprint density at radius 1 is 1.43 bits per heavy atom. The van der Waals surface area contributed by atoms with Gasteiger partial charge in [0, 0.05) is 13.1 Å². The lowest BCUT2D eigenvalue weighted by molar-refractivity contribution is 0.0774. The zero-order valence-electron chi connectivity index (χ0n) is 12.4. The molecule has 2 N–H and O–H groups in total. The second kappa shape index (κ2) is 6.73. The van der Waals surface area contributed by atoms with E-state index in [2.05, 4.69) is 6.58 Å². The summed E-state index contributed by atoms with van der Waals surface area (Å²) in [4.78, 5) is 14.0. The standard InChI is InChI=1S/C14H20N2O4S/c1-5-16(9-10(2)3)14(17)12-8-11(21(15,18)19)6-7-13(12)20-4/h6-8H,2,5,9H2,1,3-4H3,(H2,15,18,19). The maximum atomic E-state index is 12.5. The van der Waals surface area contributed by atoms with Crippen LogP contribution in [0, 0.1) is 0 Å². The molecule has 0 fully saturated rings. The third-order valence-electron chi connectivity index (χ3n) is 2.86. The third-order valence-corrected chi connectivity index (χ3v) is 3.77. The van der Waals surface area contributed by atoms with Crippen LogP contribution in [0.2, 0.25) is 0 Å². The number of nitrogens with zero attached hydrogens (tertiary/aromatic N) is 1. The molecule has 1 amide bonds. The highest BCUT2D eigenvalue weighted by molar-refractivity contribution is 7.89. The predicted molar refractivity (Wildman–Crippen MR) is 80.8 cm³/mol. The molecule has 6 nitrogen and oxygen atoms in total. The van der Waals surface area contributed by atoms with E-state index in [9.17, 15) is 13.2 Å². The predicted octanol–water partition coefficient (Wildman–Crippen LogP) is 1.38. The van der Waals surface area contributed by atoms with Crippen LogP contribution in [0.15, 0.2) is 35.2 Å². The molecule has 116 valence electrons. The lowest BCUT2D eigenvalue weighted by Crippen LogP contribution is -2.32. The first-order chi connectivity index (χ1) is 9.70. The molecule has 1 aromatic carbocycles. The molecule has 0 spiro atoms. The Bertz CT molecular complexity index is 653. The summed E-state index contributed by atoms with van der Waals surface area (Å²) in [6.07, 6.45) is 0. The number of benzene rings is 1. The first kappa shape index (κ1) is 17.2. The van der Waals surface area contributed by atoms with Gasteiger partial charge in [0.25, 0.3) is 5.91 Å². The summed E-state index contributed by atoms with van der Waals surface area (Å²) in [6, 6.07) is 3.96. The molecule has 7 heteroatoms. The first-order valence-corrected chi connectivity index (χ1v) is 7.89. The van der Waals surface area contributed by atoms with Gasteiger partial charge in [-0.05, 0) is 32.0 Å². The normalized spacial score (nSPS) is 11.0. The van der Waals surface area contributed by atoms with Gasteiger partial charge in [-0.3, -0.25) is 4.79 Å². The van der Waals surface area contributed by atoms with Gasteiger partial charge in [-0.1, -0.05) is 12.2 Å². The van der Waals surface area contributed by atoms with Crippen molar-refractivity contribution in [2.45, 2.75) is 18.7 Å². The van der Waals surface area contributed by atoms with E-state index in [1.165, 1.54) is 25.3 Å². The largest absolute Gasteiger partial charge is 0.496 e. The van der Waals surface area contributed by atoms with Crippen LogP contribution in [0.25, 0.3) is 0 Å². The van der Waals surface area contributed by atoms with Crippen LogP contribution in [0.3, 0.4) is 0 Å².